The maximum atomic E-state index is 9.40. The van der Waals surface area contributed by atoms with Crippen LogP contribution in [-0.4, -0.2) is 32.0 Å². The normalized spacial score (nSPS) is 11.5. The molecule has 3 heteroatoms. The summed E-state index contributed by atoms with van der Waals surface area (Å²) in [5.41, 5.74) is 1.15. The van der Waals surface area contributed by atoms with Crippen LogP contribution in [0.15, 0.2) is 30.3 Å². The highest BCUT2D eigenvalue weighted by Gasteiger charge is 2.01. The summed E-state index contributed by atoms with van der Waals surface area (Å²) in [6.45, 7) is 3.07. The van der Waals surface area contributed by atoms with Crippen LogP contribution in [0.25, 0.3) is 0 Å². The van der Waals surface area contributed by atoms with Gasteiger partial charge >= 0.3 is 0 Å². The van der Waals surface area contributed by atoms with Gasteiger partial charge in [-0.1, -0.05) is 43.7 Å². The van der Waals surface area contributed by atoms with Crippen LogP contribution in [0.3, 0.4) is 0 Å². The van der Waals surface area contributed by atoms with E-state index in [1.807, 2.05) is 30.3 Å². The first kappa shape index (κ1) is 16.1. The molecule has 0 spiro atoms. The molecule has 0 radical (unpaired) electrons. The quantitative estimate of drug-likeness (QED) is 0.830. The molecule has 1 rings (SSSR count). The highest BCUT2D eigenvalue weighted by atomic mass is 16.5. The van der Waals surface area contributed by atoms with E-state index in [9.17, 15) is 5.11 Å². The summed E-state index contributed by atoms with van der Waals surface area (Å²) < 4.78 is 9.63. The fourth-order valence-electron chi connectivity index (χ4n) is 1.30. The molecule has 0 saturated carbocycles. The average molecular weight is 240 g/mol. The lowest BCUT2D eigenvalue weighted by Crippen LogP contribution is -2.14. The van der Waals surface area contributed by atoms with Crippen molar-refractivity contribution in [1.29, 1.82) is 0 Å². The lowest BCUT2D eigenvalue weighted by atomic mass is 10.2. The standard InChI is InChI=1S/C12H18O2.C2H6O/c1-2-6-12(13)10-14-9-11-7-4-3-5-8-11;1-3-2/h3-5,7-8,12-13H,2,6,9-10H2,1H3;1-2H3. The molecule has 1 atom stereocenters. The second kappa shape index (κ2) is 11.6. The van der Waals surface area contributed by atoms with Crippen molar-refractivity contribution >= 4 is 0 Å². The number of hydrogen-bond acceptors (Lipinski definition) is 3. The van der Waals surface area contributed by atoms with E-state index >= 15 is 0 Å². The van der Waals surface area contributed by atoms with Crippen molar-refractivity contribution in [3.63, 3.8) is 0 Å². The van der Waals surface area contributed by atoms with Crippen molar-refractivity contribution in [2.75, 3.05) is 20.8 Å². The number of rotatable bonds is 6. The third-order valence-corrected chi connectivity index (χ3v) is 2.04. The molecular weight excluding hydrogens is 216 g/mol. The van der Waals surface area contributed by atoms with E-state index in [2.05, 4.69) is 11.7 Å². The van der Waals surface area contributed by atoms with Gasteiger partial charge in [0.1, 0.15) is 0 Å². The van der Waals surface area contributed by atoms with Gasteiger partial charge in [-0.3, -0.25) is 0 Å². The summed E-state index contributed by atoms with van der Waals surface area (Å²) in [5, 5.41) is 9.40. The van der Waals surface area contributed by atoms with Crippen LogP contribution in [0.1, 0.15) is 25.3 Å². The van der Waals surface area contributed by atoms with Crippen LogP contribution < -0.4 is 0 Å². The van der Waals surface area contributed by atoms with Crippen LogP contribution in [0.2, 0.25) is 0 Å². The fraction of sp³-hybridized carbons (Fsp3) is 0.571. The minimum absolute atomic E-state index is 0.316. The van der Waals surface area contributed by atoms with Gasteiger partial charge in [-0.25, -0.2) is 0 Å². The molecule has 0 amide bonds. The van der Waals surface area contributed by atoms with E-state index in [-0.39, 0.29) is 6.10 Å². The largest absolute Gasteiger partial charge is 0.391 e. The highest BCUT2D eigenvalue weighted by Crippen LogP contribution is 2.02. The Hall–Kier alpha value is -0.900. The Labute approximate surface area is 104 Å². The number of ether oxygens (including phenoxy) is 2. The summed E-state index contributed by atoms with van der Waals surface area (Å²) in [6, 6.07) is 10.00. The van der Waals surface area contributed by atoms with Crippen molar-refractivity contribution < 1.29 is 14.6 Å². The van der Waals surface area contributed by atoms with E-state index in [1.165, 1.54) is 0 Å². The summed E-state index contributed by atoms with van der Waals surface area (Å²) in [6.07, 6.45) is 1.49. The molecule has 0 heterocycles. The zero-order valence-corrected chi connectivity index (χ0v) is 11.1. The molecule has 0 aliphatic rings. The lowest BCUT2D eigenvalue weighted by molar-refractivity contribution is 0.0243. The first-order valence-corrected chi connectivity index (χ1v) is 5.94. The molecule has 1 N–H and O–H groups in total. The first-order valence-electron chi connectivity index (χ1n) is 5.94. The van der Waals surface area contributed by atoms with Gasteiger partial charge in [0.05, 0.1) is 19.3 Å². The zero-order chi connectivity index (χ0) is 12.9. The van der Waals surface area contributed by atoms with Gasteiger partial charge in [-0.05, 0) is 12.0 Å². The van der Waals surface area contributed by atoms with Gasteiger partial charge in [-0.15, -0.1) is 0 Å². The van der Waals surface area contributed by atoms with Gasteiger partial charge in [0.15, 0.2) is 0 Å². The van der Waals surface area contributed by atoms with Gasteiger partial charge in [0, 0.05) is 14.2 Å². The maximum Gasteiger partial charge on any atom is 0.0773 e. The number of aliphatic hydroxyl groups is 1. The van der Waals surface area contributed by atoms with Crippen LogP contribution in [0, 0.1) is 0 Å². The summed E-state index contributed by atoms with van der Waals surface area (Å²) >= 11 is 0. The topological polar surface area (TPSA) is 38.7 Å². The molecule has 0 fully saturated rings. The average Bonchev–Trinajstić information content (AvgIpc) is 2.32. The lowest BCUT2D eigenvalue weighted by Gasteiger charge is -2.09. The van der Waals surface area contributed by atoms with E-state index < -0.39 is 0 Å². The van der Waals surface area contributed by atoms with Crippen molar-refractivity contribution in [3.8, 4) is 0 Å². The predicted octanol–water partition coefficient (Wildman–Crippen LogP) is 2.63. The number of methoxy groups -OCH3 is 1. The Morgan fingerprint density at radius 3 is 2.29 bits per heavy atom. The Morgan fingerprint density at radius 2 is 1.76 bits per heavy atom. The molecule has 1 aromatic carbocycles. The molecule has 0 saturated heterocycles. The van der Waals surface area contributed by atoms with Crippen LogP contribution >= 0.6 is 0 Å². The Morgan fingerprint density at radius 1 is 1.18 bits per heavy atom. The molecule has 0 bridgehead atoms. The molecule has 1 unspecified atom stereocenters. The second-order valence-corrected chi connectivity index (χ2v) is 3.85. The van der Waals surface area contributed by atoms with Crippen molar-refractivity contribution in [2.24, 2.45) is 0 Å². The fourth-order valence-corrected chi connectivity index (χ4v) is 1.30. The molecule has 1 aromatic rings. The third kappa shape index (κ3) is 10.00. The Kier molecular flexibility index (Phi) is 11.0. The van der Waals surface area contributed by atoms with Crippen LogP contribution in [-0.2, 0) is 16.1 Å². The third-order valence-electron chi connectivity index (χ3n) is 2.04. The van der Waals surface area contributed by atoms with E-state index in [1.54, 1.807) is 14.2 Å². The zero-order valence-electron chi connectivity index (χ0n) is 11.1. The molecule has 17 heavy (non-hydrogen) atoms. The second-order valence-electron chi connectivity index (χ2n) is 3.85. The first-order chi connectivity index (χ1) is 8.24. The Bertz CT molecular complexity index is 249. The van der Waals surface area contributed by atoms with Gasteiger partial charge in [-0.2, -0.15) is 0 Å². The number of aliphatic hydroxyl groups excluding tert-OH is 1. The van der Waals surface area contributed by atoms with Crippen LogP contribution in [0.4, 0.5) is 0 Å². The van der Waals surface area contributed by atoms with E-state index in [0.717, 1.165) is 18.4 Å². The van der Waals surface area contributed by atoms with E-state index in [4.69, 9.17) is 4.74 Å². The SMILES string of the molecule is CCCC(O)COCc1ccccc1.COC. The molecule has 0 aromatic heterocycles. The summed E-state index contributed by atoms with van der Waals surface area (Å²) in [5.74, 6) is 0. The van der Waals surface area contributed by atoms with E-state index in [0.29, 0.717) is 13.2 Å². The Balaban J connectivity index is 0.000000770. The van der Waals surface area contributed by atoms with Gasteiger partial charge < -0.3 is 14.6 Å². The monoisotopic (exact) mass is 240 g/mol. The van der Waals surface area contributed by atoms with Gasteiger partial charge in [0.2, 0.25) is 0 Å². The highest BCUT2D eigenvalue weighted by molar-refractivity contribution is 5.13. The molecule has 0 aliphatic carbocycles. The van der Waals surface area contributed by atoms with Crippen molar-refractivity contribution in [2.45, 2.75) is 32.5 Å². The predicted molar refractivity (Wildman–Crippen MR) is 69.9 cm³/mol. The minimum atomic E-state index is -0.316. The van der Waals surface area contributed by atoms with Crippen molar-refractivity contribution in [1.82, 2.24) is 0 Å². The summed E-state index contributed by atoms with van der Waals surface area (Å²) in [4.78, 5) is 0. The smallest absolute Gasteiger partial charge is 0.0773 e. The molecule has 0 aliphatic heterocycles. The van der Waals surface area contributed by atoms with Gasteiger partial charge in [0.25, 0.3) is 0 Å². The molecule has 3 nitrogen and oxygen atoms in total. The molecular formula is C14H24O3. The van der Waals surface area contributed by atoms with Crippen LogP contribution in [0.5, 0.6) is 0 Å². The molecule has 98 valence electrons. The number of hydrogen-bond donors (Lipinski definition) is 1. The summed E-state index contributed by atoms with van der Waals surface area (Å²) in [7, 11) is 3.25. The minimum Gasteiger partial charge on any atom is -0.391 e. The number of benzene rings is 1. The van der Waals surface area contributed by atoms with Crippen molar-refractivity contribution in [3.05, 3.63) is 35.9 Å². The maximum absolute atomic E-state index is 9.40.